The summed E-state index contributed by atoms with van der Waals surface area (Å²) in [5.74, 6) is 0.348. The number of aryl methyl sites for hydroxylation is 1. The second-order valence-electron chi connectivity index (χ2n) is 4.49. The molecule has 1 aromatic rings. The molecule has 0 amide bonds. The van der Waals surface area contributed by atoms with E-state index in [9.17, 15) is 13.2 Å². The molecule has 2 N–H and O–H groups in total. The summed E-state index contributed by atoms with van der Waals surface area (Å²) in [6, 6.07) is 0. The smallest absolute Gasteiger partial charge is 0.339 e. The molecule has 1 heterocycles. The zero-order chi connectivity index (χ0) is 12.5. The number of hydrogen-bond donors (Lipinski definition) is 1. The molecule has 0 atom stereocenters. The van der Waals surface area contributed by atoms with Crippen molar-refractivity contribution in [2.75, 3.05) is 0 Å². The molecule has 0 radical (unpaired) electrons. The van der Waals surface area contributed by atoms with Gasteiger partial charge in [-0.25, -0.2) is 0 Å². The van der Waals surface area contributed by atoms with Crippen molar-refractivity contribution in [2.45, 2.75) is 50.2 Å². The van der Waals surface area contributed by atoms with E-state index in [1.54, 1.807) is 0 Å². The number of hydrogen-bond acceptors (Lipinski definition) is 4. The molecule has 1 saturated carbocycles. The first-order chi connectivity index (χ1) is 7.89. The lowest BCUT2D eigenvalue weighted by atomic mass is 9.99. The predicted octanol–water partition coefficient (Wildman–Crippen LogP) is 2.29. The molecule has 1 aromatic heterocycles. The average molecular weight is 249 g/mol. The van der Waals surface area contributed by atoms with Gasteiger partial charge in [0.15, 0.2) is 5.82 Å². The highest BCUT2D eigenvalue weighted by molar-refractivity contribution is 5.06. The van der Waals surface area contributed by atoms with Gasteiger partial charge in [-0.3, -0.25) is 0 Å². The summed E-state index contributed by atoms with van der Waals surface area (Å²) in [7, 11) is 0. The van der Waals surface area contributed by atoms with Crippen LogP contribution in [0.3, 0.4) is 0 Å². The molecule has 1 aliphatic rings. The third-order valence-electron chi connectivity index (χ3n) is 3.03. The van der Waals surface area contributed by atoms with Crippen molar-refractivity contribution in [3.05, 3.63) is 11.7 Å². The highest BCUT2D eigenvalue weighted by Crippen LogP contribution is 2.34. The zero-order valence-electron chi connectivity index (χ0n) is 9.26. The SMILES string of the molecule is NC1(c2noc(CCC(F)(F)F)n2)CCCC1. The van der Waals surface area contributed by atoms with E-state index >= 15 is 0 Å². The molecule has 96 valence electrons. The van der Waals surface area contributed by atoms with Gasteiger partial charge in [-0.15, -0.1) is 0 Å². The second kappa shape index (κ2) is 4.29. The molecule has 1 aliphatic carbocycles. The van der Waals surface area contributed by atoms with E-state index in [2.05, 4.69) is 10.1 Å². The van der Waals surface area contributed by atoms with E-state index < -0.39 is 18.1 Å². The Morgan fingerprint density at radius 1 is 1.29 bits per heavy atom. The van der Waals surface area contributed by atoms with Gasteiger partial charge >= 0.3 is 6.18 Å². The molecule has 0 aliphatic heterocycles. The summed E-state index contributed by atoms with van der Waals surface area (Å²) in [6.45, 7) is 0. The van der Waals surface area contributed by atoms with Gasteiger partial charge in [0.05, 0.1) is 12.0 Å². The van der Waals surface area contributed by atoms with Crippen LogP contribution in [-0.2, 0) is 12.0 Å². The Kier molecular flexibility index (Phi) is 3.11. The number of nitrogens with zero attached hydrogens (tertiary/aromatic N) is 2. The fraction of sp³-hybridized carbons (Fsp3) is 0.800. The van der Waals surface area contributed by atoms with Crippen molar-refractivity contribution in [3.63, 3.8) is 0 Å². The Bertz CT molecular complexity index is 382. The first-order valence-electron chi connectivity index (χ1n) is 5.58. The summed E-state index contributed by atoms with van der Waals surface area (Å²) < 4.78 is 40.8. The van der Waals surface area contributed by atoms with Crippen LogP contribution in [0.5, 0.6) is 0 Å². The van der Waals surface area contributed by atoms with Crippen LogP contribution < -0.4 is 5.73 Å². The maximum absolute atomic E-state index is 12.0. The Hall–Kier alpha value is -1.11. The van der Waals surface area contributed by atoms with Gasteiger partial charge in [-0.05, 0) is 12.8 Å². The molecule has 4 nitrogen and oxygen atoms in total. The van der Waals surface area contributed by atoms with Gasteiger partial charge in [0.25, 0.3) is 0 Å². The second-order valence-corrected chi connectivity index (χ2v) is 4.49. The first-order valence-corrected chi connectivity index (χ1v) is 5.58. The minimum absolute atomic E-state index is 0.00838. The maximum Gasteiger partial charge on any atom is 0.389 e. The van der Waals surface area contributed by atoms with Crippen molar-refractivity contribution in [2.24, 2.45) is 5.73 Å². The Labute approximate surface area is 96.4 Å². The quantitative estimate of drug-likeness (QED) is 0.892. The van der Waals surface area contributed by atoms with Crippen molar-refractivity contribution in [3.8, 4) is 0 Å². The summed E-state index contributed by atoms with van der Waals surface area (Å²) in [5, 5.41) is 3.69. The van der Waals surface area contributed by atoms with Crippen molar-refractivity contribution >= 4 is 0 Å². The standard InChI is InChI=1S/C10H14F3N3O/c11-10(12,13)6-3-7-15-8(16-17-7)9(14)4-1-2-5-9/h1-6,14H2. The van der Waals surface area contributed by atoms with Gasteiger partial charge in [0.1, 0.15) is 0 Å². The van der Waals surface area contributed by atoms with Crippen LogP contribution in [0, 0.1) is 0 Å². The minimum Gasteiger partial charge on any atom is -0.339 e. The van der Waals surface area contributed by atoms with Crippen molar-refractivity contribution < 1.29 is 17.7 Å². The summed E-state index contributed by atoms with van der Waals surface area (Å²) >= 11 is 0. The van der Waals surface area contributed by atoms with Crippen LogP contribution in [-0.4, -0.2) is 16.3 Å². The van der Waals surface area contributed by atoms with Gasteiger partial charge in [-0.1, -0.05) is 18.0 Å². The van der Waals surface area contributed by atoms with E-state index in [1.807, 2.05) is 0 Å². The third-order valence-corrected chi connectivity index (χ3v) is 3.03. The van der Waals surface area contributed by atoms with Crippen LogP contribution in [0.4, 0.5) is 13.2 Å². The van der Waals surface area contributed by atoms with Gasteiger partial charge in [0.2, 0.25) is 5.89 Å². The number of alkyl halides is 3. The van der Waals surface area contributed by atoms with Crippen LogP contribution in [0.1, 0.15) is 43.8 Å². The Morgan fingerprint density at radius 2 is 1.94 bits per heavy atom. The van der Waals surface area contributed by atoms with Gasteiger partial charge < -0.3 is 10.3 Å². The fourth-order valence-corrected chi connectivity index (χ4v) is 2.04. The average Bonchev–Trinajstić information content (AvgIpc) is 2.83. The van der Waals surface area contributed by atoms with Gasteiger partial charge in [-0.2, -0.15) is 18.2 Å². The lowest BCUT2D eigenvalue weighted by Gasteiger charge is -2.17. The highest BCUT2D eigenvalue weighted by Gasteiger charge is 2.36. The van der Waals surface area contributed by atoms with Crippen LogP contribution >= 0.6 is 0 Å². The van der Waals surface area contributed by atoms with E-state index in [1.165, 1.54) is 0 Å². The summed E-state index contributed by atoms with van der Waals surface area (Å²) in [5.41, 5.74) is 5.46. The molecule has 2 rings (SSSR count). The third kappa shape index (κ3) is 2.96. The molecule has 0 aromatic carbocycles. The maximum atomic E-state index is 12.0. The largest absolute Gasteiger partial charge is 0.389 e. The van der Waals surface area contributed by atoms with E-state index in [0.717, 1.165) is 25.7 Å². The fourth-order valence-electron chi connectivity index (χ4n) is 2.04. The lowest BCUT2D eigenvalue weighted by Crippen LogP contribution is -2.34. The van der Waals surface area contributed by atoms with Crippen LogP contribution in [0.25, 0.3) is 0 Å². The molecule has 7 heteroatoms. The molecule has 0 unspecified atom stereocenters. The number of nitrogens with two attached hydrogens (primary N) is 1. The van der Waals surface area contributed by atoms with Crippen LogP contribution in [0.2, 0.25) is 0 Å². The predicted molar refractivity (Wildman–Crippen MR) is 53.0 cm³/mol. The molecule has 0 bridgehead atoms. The lowest BCUT2D eigenvalue weighted by molar-refractivity contribution is -0.134. The van der Waals surface area contributed by atoms with E-state index in [0.29, 0.717) is 5.82 Å². The molecule has 1 fully saturated rings. The Balaban J connectivity index is 2.01. The van der Waals surface area contributed by atoms with Crippen molar-refractivity contribution in [1.82, 2.24) is 10.1 Å². The van der Waals surface area contributed by atoms with E-state index in [-0.39, 0.29) is 12.3 Å². The molecule has 0 saturated heterocycles. The van der Waals surface area contributed by atoms with Gasteiger partial charge in [0, 0.05) is 6.42 Å². The highest BCUT2D eigenvalue weighted by atomic mass is 19.4. The summed E-state index contributed by atoms with van der Waals surface area (Å²) in [6.07, 6.45) is -1.95. The molecular formula is C10H14F3N3O. The normalized spacial score (nSPS) is 19.8. The Morgan fingerprint density at radius 3 is 2.53 bits per heavy atom. The molecular weight excluding hydrogens is 235 g/mol. The topological polar surface area (TPSA) is 64.9 Å². The number of halogens is 3. The van der Waals surface area contributed by atoms with E-state index in [4.69, 9.17) is 10.3 Å². The molecule has 17 heavy (non-hydrogen) atoms. The zero-order valence-corrected chi connectivity index (χ0v) is 9.26. The monoisotopic (exact) mass is 249 g/mol. The number of aromatic nitrogens is 2. The summed E-state index contributed by atoms with van der Waals surface area (Å²) in [4.78, 5) is 3.96. The molecule has 0 spiro atoms. The first kappa shape index (κ1) is 12.3. The number of rotatable bonds is 3. The minimum atomic E-state index is -4.21. The van der Waals surface area contributed by atoms with Crippen LogP contribution in [0.15, 0.2) is 4.52 Å². The van der Waals surface area contributed by atoms with Crippen molar-refractivity contribution in [1.29, 1.82) is 0 Å².